The molecule has 106 valence electrons. The number of alkyl halides is 3. The molecule has 0 spiro atoms. The quantitative estimate of drug-likeness (QED) is 0.864. The maximum absolute atomic E-state index is 12.6. The van der Waals surface area contributed by atoms with E-state index in [0.29, 0.717) is 5.56 Å². The summed E-state index contributed by atoms with van der Waals surface area (Å²) in [5.41, 5.74) is 5.01. The van der Waals surface area contributed by atoms with E-state index in [1.54, 1.807) is 0 Å². The third-order valence-electron chi connectivity index (χ3n) is 2.63. The lowest BCUT2D eigenvalue weighted by Gasteiger charge is -2.13. The molecule has 0 aliphatic carbocycles. The Morgan fingerprint density at radius 2 is 2.11 bits per heavy atom. The molecule has 4 nitrogen and oxygen atoms in total. The van der Waals surface area contributed by atoms with Crippen LogP contribution in [0.2, 0.25) is 0 Å². The Morgan fingerprint density at radius 3 is 2.58 bits per heavy atom. The molecular weight excluding hydrogens is 263 g/mol. The van der Waals surface area contributed by atoms with Gasteiger partial charge in [0.2, 0.25) is 0 Å². The molecule has 1 aromatic carbocycles. The van der Waals surface area contributed by atoms with E-state index >= 15 is 0 Å². The van der Waals surface area contributed by atoms with Crippen molar-refractivity contribution in [2.75, 3.05) is 7.11 Å². The van der Waals surface area contributed by atoms with E-state index < -0.39 is 23.8 Å². The number of aryl methyl sites for hydroxylation is 1. The SMILES string of the molecule is COc1cc(CCC(N)C(=O)O)ccc1C(F)(F)F. The first-order valence-corrected chi connectivity index (χ1v) is 5.48. The van der Waals surface area contributed by atoms with Crippen LogP contribution in [0.15, 0.2) is 18.2 Å². The fraction of sp³-hybridized carbons (Fsp3) is 0.417. The highest BCUT2D eigenvalue weighted by Gasteiger charge is 2.34. The second-order valence-corrected chi connectivity index (χ2v) is 4.02. The van der Waals surface area contributed by atoms with Crippen molar-refractivity contribution in [3.8, 4) is 5.75 Å². The number of rotatable bonds is 5. The summed E-state index contributed by atoms with van der Waals surface area (Å²) in [7, 11) is 1.15. The van der Waals surface area contributed by atoms with Gasteiger partial charge < -0.3 is 15.6 Å². The van der Waals surface area contributed by atoms with Gasteiger partial charge in [-0.3, -0.25) is 4.79 Å². The number of halogens is 3. The summed E-state index contributed by atoms with van der Waals surface area (Å²) in [6, 6.07) is 2.42. The predicted octanol–water partition coefficient (Wildman–Crippen LogP) is 2.06. The minimum absolute atomic E-state index is 0.143. The summed E-state index contributed by atoms with van der Waals surface area (Å²) in [4.78, 5) is 10.5. The van der Waals surface area contributed by atoms with E-state index in [2.05, 4.69) is 0 Å². The number of carbonyl (C=O) groups is 1. The number of hydrogen-bond donors (Lipinski definition) is 2. The Labute approximate surface area is 108 Å². The molecule has 0 aliphatic rings. The largest absolute Gasteiger partial charge is 0.496 e. The van der Waals surface area contributed by atoms with Gasteiger partial charge in [0.25, 0.3) is 0 Å². The van der Waals surface area contributed by atoms with Crippen LogP contribution >= 0.6 is 0 Å². The van der Waals surface area contributed by atoms with Crippen LogP contribution in [0.4, 0.5) is 13.2 Å². The normalized spacial score (nSPS) is 13.1. The predicted molar refractivity (Wildman–Crippen MR) is 61.9 cm³/mol. The lowest BCUT2D eigenvalue weighted by atomic mass is 10.0. The van der Waals surface area contributed by atoms with E-state index in [0.717, 1.165) is 13.2 Å². The Hall–Kier alpha value is -1.76. The maximum Gasteiger partial charge on any atom is 0.419 e. The monoisotopic (exact) mass is 277 g/mol. The molecule has 19 heavy (non-hydrogen) atoms. The number of carboxylic acids is 1. The van der Waals surface area contributed by atoms with Crippen molar-refractivity contribution in [2.24, 2.45) is 5.73 Å². The lowest BCUT2D eigenvalue weighted by Crippen LogP contribution is -2.30. The highest BCUT2D eigenvalue weighted by atomic mass is 19.4. The molecule has 0 aromatic heterocycles. The van der Waals surface area contributed by atoms with Crippen molar-refractivity contribution >= 4 is 5.97 Å². The third-order valence-corrected chi connectivity index (χ3v) is 2.63. The second-order valence-electron chi connectivity index (χ2n) is 4.02. The highest BCUT2D eigenvalue weighted by Crippen LogP contribution is 2.36. The molecule has 3 N–H and O–H groups in total. The first-order chi connectivity index (χ1) is 8.75. The van der Waals surface area contributed by atoms with Crippen molar-refractivity contribution in [2.45, 2.75) is 25.1 Å². The molecule has 0 bridgehead atoms. The van der Waals surface area contributed by atoms with Gasteiger partial charge >= 0.3 is 12.1 Å². The van der Waals surface area contributed by atoms with Crippen molar-refractivity contribution < 1.29 is 27.8 Å². The number of aliphatic carboxylic acids is 1. The molecule has 1 unspecified atom stereocenters. The smallest absolute Gasteiger partial charge is 0.419 e. The minimum Gasteiger partial charge on any atom is -0.496 e. The topological polar surface area (TPSA) is 72.5 Å². The summed E-state index contributed by atoms with van der Waals surface area (Å²) in [5, 5.41) is 8.61. The summed E-state index contributed by atoms with van der Waals surface area (Å²) in [6.07, 6.45) is -4.08. The van der Waals surface area contributed by atoms with Crippen LogP contribution in [0.3, 0.4) is 0 Å². The van der Waals surface area contributed by atoms with Crippen LogP contribution in [0.25, 0.3) is 0 Å². The van der Waals surface area contributed by atoms with Crippen LogP contribution in [0, 0.1) is 0 Å². The van der Waals surface area contributed by atoms with Crippen molar-refractivity contribution in [1.29, 1.82) is 0 Å². The molecule has 0 saturated heterocycles. The van der Waals surface area contributed by atoms with Crippen molar-refractivity contribution in [1.82, 2.24) is 0 Å². The van der Waals surface area contributed by atoms with Crippen molar-refractivity contribution in [3.05, 3.63) is 29.3 Å². The molecule has 1 atom stereocenters. The Kier molecular flexibility index (Phi) is 4.77. The molecule has 1 rings (SSSR count). The second kappa shape index (κ2) is 5.92. The Balaban J connectivity index is 2.86. The molecule has 1 aromatic rings. The first-order valence-electron chi connectivity index (χ1n) is 5.48. The maximum atomic E-state index is 12.6. The summed E-state index contributed by atoms with van der Waals surface area (Å²) in [5.74, 6) is -1.42. The van der Waals surface area contributed by atoms with E-state index in [1.807, 2.05) is 0 Å². The number of ether oxygens (including phenoxy) is 1. The van der Waals surface area contributed by atoms with Crippen LogP contribution in [0.5, 0.6) is 5.75 Å². The van der Waals surface area contributed by atoms with Crippen molar-refractivity contribution in [3.63, 3.8) is 0 Å². The Morgan fingerprint density at radius 1 is 1.47 bits per heavy atom. The van der Waals surface area contributed by atoms with Gasteiger partial charge in [-0.2, -0.15) is 13.2 Å². The Bertz CT molecular complexity index is 460. The van der Waals surface area contributed by atoms with Crippen LogP contribution in [-0.2, 0) is 17.4 Å². The van der Waals surface area contributed by atoms with Gasteiger partial charge in [0.1, 0.15) is 11.8 Å². The standard InChI is InChI=1S/C12H14F3NO3/c1-19-10-6-7(3-5-9(16)11(17)18)2-4-8(10)12(13,14)15/h2,4,6,9H,3,5,16H2,1H3,(H,17,18). The van der Waals surface area contributed by atoms with Gasteiger partial charge in [-0.15, -0.1) is 0 Å². The number of carboxylic acid groups (broad SMARTS) is 1. The number of nitrogens with two attached hydrogens (primary N) is 1. The zero-order valence-corrected chi connectivity index (χ0v) is 10.2. The lowest BCUT2D eigenvalue weighted by molar-refractivity contribution is -0.139. The minimum atomic E-state index is -4.48. The van der Waals surface area contributed by atoms with Crippen LogP contribution in [0.1, 0.15) is 17.5 Å². The number of methoxy groups -OCH3 is 1. The number of hydrogen-bond acceptors (Lipinski definition) is 3. The van der Waals surface area contributed by atoms with Gasteiger partial charge in [-0.1, -0.05) is 6.07 Å². The molecule has 0 heterocycles. The van der Waals surface area contributed by atoms with E-state index in [9.17, 15) is 18.0 Å². The third kappa shape index (κ3) is 4.13. The van der Waals surface area contributed by atoms with Crippen LogP contribution in [-0.4, -0.2) is 24.2 Å². The summed E-state index contributed by atoms with van der Waals surface area (Å²) < 4.78 is 42.5. The van der Waals surface area contributed by atoms with Gasteiger partial charge in [0.05, 0.1) is 12.7 Å². The molecule has 0 aliphatic heterocycles. The fourth-order valence-electron chi connectivity index (χ4n) is 1.57. The summed E-state index contributed by atoms with van der Waals surface area (Å²) in [6.45, 7) is 0. The molecule has 7 heteroatoms. The van der Waals surface area contributed by atoms with Gasteiger partial charge in [0, 0.05) is 0 Å². The molecule has 0 amide bonds. The molecule has 0 saturated carbocycles. The van der Waals surface area contributed by atoms with E-state index in [1.165, 1.54) is 12.1 Å². The molecular formula is C12H14F3NO3. The van der Waals surface area contributed by atoms with Gasteiger partial charge in [0.15, 0.2) is 0 Å². The highest BCUT2D eigenvalue weighted by molar-refractivity contribution is 5.73. The van der Waals surface area contributed by atoms with E-state index in [4.69, 9.17) is 15.6 Å². The zero-order chi connectivity index (χ0) is 14.6. The summed E-state index contributed by atoms with van der Waals surface area (Å²) >= 11 is 0. The number of benzene rings is 1. The molecule has 0 fully saturated rings. The average Bonchev–Trinajstić information content (AvgIpc) is 2.34. The van der Waals surface area contributed by atoms with Gasteiger partial charge in [-0.25, -0.2) is 0 Å². The van der Waals surface area contributed by atoms with Crippen LogP contribution < -0.4 is 10.5 Å². The first kappa shape index (κ1) is 15.3. The zero-order valence-electron chi connectivity index (χ0n) is 10.2. The molecule has 0 radical (unpaired) electrons. The van der Waals surface area contributed by atoms with Gasteiger partial charge in [-0.05, 0) is 30.5 Å². The fourth-order valence-corrected chi connectivity index (χ4v) is 1.57. The van der Waals surface area contributed by atoms with E-state index in [-0.39, 0.29) is 18.6 Å². The average molecular weight is 277 g/mol.